The lowest BCUT2D eigenvalue weighted by atomic mass is 10.1. The molecule has 2 heterocycles. The van der Waals surface area contributed by atoms with E-state index >= 15 is 0 Å². The summed E-state index contributed by atoms with van der Waals surface area (Å²) in [4.78, 5) is 18.5. The highest BCUT2D eigenvalue weighted by atomic mass is 16.6. The van der Waals surface area contributed by atoms with E-state index in [9.17, 15) is 10.1 Å². The fraction of sp³-hybridized carbons (Fsp3) is 0.545. The van der Waals surface area contributed by atoms with Gasteiger partial charge in [0.25, 0.3) is 5.69 Å². The number of hydrogen-bond donors (Lipinski definition) is 0. The van der Waals surface area contributed by atoms with E-state index in [0.29, 0.717) is 17.6 Å². The van der Waals surface area contributed by atoms with Crippen LogP contribution in [0.4, 0.5) is 11.5 Å². The first-order valence-electron chi connectivity index (χ1n) is 5.62. The van der Waals surface area contributed by atoms with E-state index < -0.39 is 4.92 Å². The molecule has 0 saturated carbocycles. The van der Waals surface area contributed by atoms with Gasteiger partial charge in [0, 0.05) is 19.1 Å². The molecule has 0 radical (unpaired) electrons. The number of nitro groups is 1. The summed E-state index contributed by atoms with van der Waals surface area (Å²) in [7, 11) is 5.55. The van der Waals surface area contributed by atoms with Gasteiger partial charge in [-0.15, -0.1) is 0 Å². The zero-order valence-electron chi connectivity index (χ0n) is 10.7. The number of ether oxygens (including phenoxy) is 1. The molecule has 7 nitrogen and oxygen atoms in total. The van der Waals surface area contributed by atoms with Crippen molar-refractivity contribution in [2.24, 2.45) is 0 Å². The Hall–Kier alpha value is -1.89. The third-order valence-corrected chi connectivity index (χ3v) is 3.14. The van der Waals surface area contributed by atoms with Crippen LogP contribution in [0.2, 0.25) is 0 Å². The van der Waals surface area contributed by atoms with E-state index in [1.54, 1.807) is 0 Å². The molecule has 0 aliphatic carbocycles. The summed E-state index contributed by atoms with van der Waals surface area (Å²) in [5, 5.41) is 10.7. The second kappa shape index (κ2) is 4.77. The Morgan fingerprint density at radius 2 is 2.22 bits per heavy atom. The Labute approximate surface area is 105 Å². The third kappa shape index (κ3) is 2.21. The lowest BCUT2D eigenvalue weighted by Gasteiger charge is -2.43. The molecule has 0 atom stereocenters. The predicted molar refractivity (Wildman–Crippen MR) is 67.1 cm³/mol. The number of aromatic nitrogens is 1. The van der Waals surface area contributed by atoms with Crippen molar-refractivity contribution in [2.75, 3.05) is 39.2 Å². The van der Waals surface area contributed by atoms with Crippen molar-refractivity contribution in [3.8, 4) is 5.75 Å². The maximum Gasteiger partial charge on any atom is 0.291 e. The van der Waals surface area contributed by atoms with Gasteiger partial charge in [-0.3, -0.25) is 10.1 Å². The summed E-state index contributed by atoms with van der Waals surface area (Å²) >= 11 is 0. The molecule has 18 heavy (non-hydrogen) atoms. The summed E-state index contributed by atoms with van der Waals surface area (Å²) in [5.74, 6) is 1.11. The van der Waals surface area contributed by atoms with Crippen LogP contribution in [0.1, 0.15) is 0 Å². The second-order valence-corrected chi connectivity index (χ2v) is 4.50. The van der Waals surface area contributed by atoms with E-state index in [1.807, 2.05) is 19.0 Å². The SMILES string of the molecule is COc1cc([N+](=O)[O-])cnc1N1CC(N(C)C)C1. The first kappa shape index (κ1) is 12.6. The average molecular weight is 252 g/mol. The van der Waals surface area contributed by atoms with Crippen LogP contribution in [0.5, 0.6) is 5.75 Å². The molecule has 1 saturated heterocycles. The van der Waals surface area contributed by atoms with Gasteiger partial charge in [0.1, 0.15) is 6.20 Å². The first-order chi connectivity index (χ1) is 8.52. The lowest BCUT2D eigenvalue weighted by molar-refractivity contribution is -0.385. The van der Waals surface area contributed by atoms with Crippen LogP contribution in [-0.4, -0.2) is 55.1 Å². The Morgan fingerprint density at radius 3 is 2.72 bits per heavy atom. The molecule has 0 spiro atoms. The van der Waals surface area contributed by atoms with E-state index in [1.165, 1.54) is 19.4 Å². The van der Waals surface area contributed by atoms with Crippen LogP contribution in [0.3, 0.4) is 0 Å². The zero-order valence-corrected chi connectivity index (χ0v) is 10.7. The minimum Gasteiger partial charge on any atom is -0.493 e. The van der Waals surface area contributed by atoms with Crippen molar-refractivity contribution in [2.45, 2.75) is 6.04 Å². The molecule has 0 amide bonds. The minimum absolute atomic E-state index is 0.0553. The Morgan fingerprint density at radius 1 is 1.56 bits per heavy atom. The number of nitrogens with zero attached hydrogens (tertiary/aromatic N) is 4. The molecule has 0 aromatic carbocycles. The molecule has 1 aliphatic rings. The molecule has 1 aliphatic heterocycles. The van der Waals surface area contributed by atoms with Crippen LogP contribution in [0, 0.1) is 10.1 Å². The summed E-state index contributed by atoms with van der Waals surface area (Å²) in [5.41, 5.74) is -0.0553. The van der Waals surface area contributed by atoms with Crippen molar-refractivity contribution in [1.29, 1.82) is 0 Å². The van der Waals surface area contributed by atoms with Gasteiger partial charge in [-0.25, -0.2) is 4.98 Å². The van der Waals surface area contributed by atoms with Crippen LogP contribution in [0.15, 0.2) is 12.3 Å². The van der Waals surface area contributed by atoms with Gasteiger partial charge in [-0.2, -0.15) is 0 Å². The number of methoxy groups -OCH3 is 1. The molecule has 2 rings (SSSR count). The van der Waals surface area contributed by atoms with Crippen molar-refractivity contribution in [1.82, 2.24) is 9.88 Å². The molecule has 7 heteroatoms. The highest BCUT2D eigenvalue weighted by Crippen LogP contribution is 2.32. The minimum atomic E-state index is -0.474. The van der Waals surface area contributed by atoms with Crippen LogP contribution in [-0.2, 0) is 0 Å². The Bertz CT molecular complexity index is 458. The molecular weight excluding hydrogens is 236 g/mol. The maximum atomic E-state index is 10.7. The van der Waals surface area contributed by atoms with Gasteiger partial charge in [0.05, 0.1) is 18.1 Å². The Kier molecular flexibility index (Phi) is 3.33. The van der Waals surface area contributed by atoms with Crippen LogP contribution in [0.25, 0.3) is 0 Å². The fourth-order valence-electron chi connectivity index (χ4n) is 1.87. The Balaban J connectivity index is 2.17. The number of anilines is 1. The molecular formula is C11H16N4O3. The highest BCUT2D eigenvalue weighted by Gasteiger charge is 2.31. The van der Waals surface area contributed by atoms with Gasteiger partial charge in [-0.05, 0) is 14.1 Å². The van der Waals surface area contributed by atoms with Crippen molar-refractivity contribution >= 4 is 11.5 Å². The first-order valence-corrected chi connectivity index (χ1v) is 5.62. The zero-order chi connectivity index (χ0) is 13.3. The summed E-state index contributed by atoms with van der Waals surface area (Å²) < 4.78 is 5.17. The third-order valence-electron chi connectivity index (χ3n) is 3.14. The largest absolute Gasteiger partial charge is 0.493 e. The maximum absolute atomic E-state index is 10.7. The molecule has 1 fully saturated rings. The fourth-order valence-corrected chi connectivity index (χ4v) is 1.87. The molecule has 0 unspecified atom stereocenters. The summed E-state index contributed by atoms with van der Waals surface area (Å²) in [6.07, 6.45) is 1.26. The quantitative estimate of drug-likeness (QED) is 0.581. The standard InChI is InChI=1S/C11H16N4O3/c1-13(2)9-6-14(7-9)11-10(18-3)4-8(5-12-11)15(16)17/h4-5,9H,6-7H2,1-3H3. The highest BCUT2D eigenvalue weighted by molar-refractivity contribution is 5.58. The van der Waals surface area contributed by atoms with E-state index in [0.717, 1.165) is 13.1 Å². The lowest BCUT2D eigenvalue weighted by Crippen LogP contribution is -2.57. The number of hydrogen-bond acceptors (Lipinski definition) is 6. The number of pyridine rings is 1. The van der Waals surface area contributed by atoms with Gasteiger partial charge >= 0.3 is 0 Å². The molecule has 98 valence electrons. The summed E-state index contributed by atoms with van der Waals surface area (Å²) in [6.45, 7) is 1.71. The second-order valence-electron chi connectivity index (χ2n) is 4.50. The van der Waals surface area contributed by atoms with Crippen molar-refractivity contribution < 1.29 is 9.66 Å². The van der Waals surface area contributed by atoms with Crippen LogP contribution >= 0.6 is 0 Å². The van der Waals surface area contributed by atoms with Crippen molar-refractivity contribution in [3.63, 3.8) is 0 Å². The van der Waals surface area contributed by atoms with Gasteiger partial charge in [-0.1, -0.05) is 0 Å². The van der Waals surface area contributed by atoms with Gasteiger partial charge in [0.15, 0.2) is 11.6 Å². The van der Waals surface area contributed by atoms with E-state index in [-0.39, 0.29) is 5.69 Å². The van der Waals surface area contributed by atoms with Crippen LogP contribution < -0.4 is 9.64 Å². The van der Waals surface area contributed by atoms with E-state index in [2.05, 4.69) is 9.88 Å². The monoisotopic (exact) mass is 252 g/mol. The average Bonchev–Trinajstić information content (AvgIpc) is 2.26. The molecule has 1 aromatic heterocycles. The van der Waals surface area contributed by atoms with Crippen molar-refractivity contribution in [3.05, 3.63) is 22.4 Å². The summed E-state index contributed by atoms with van der Waals surface area (Å²) in [6, 6.07) is 1.90. The molecule has 0 N–H and O–H groups in total. The topological polar surface area (TPSA) is 71.7 Å². The number of likely N-dealkylation sites (N-methyl/N-ethyl adjacent to an activating group) is 1. The normalized spacial score (nSPS) is 15.7. The van der Waals surface area contributed by atoms with Gasteiger partial charge < -0.3 is 14.5 Å². The molecule has 0 bridgehead atoms. The van der Waals surface area contributed by atoms with Gasteiger partial charge in [0.2, 0.25) is 0 Å². The predicted octanol–water partition coefficient (Wildman–Crippen LogP) is 0.749. The van der Waals surface area contributed by atoms with E-state index in [4.69, 9.17) is 4.74 Å². The molecule has 1 aromatic rings. The number of rotatable bonds is 4. The smallest absolute Gasteiger partial charge is 0.291 e.